The number of hydrogen-bond donors (Lipinski definition) is 2. The van der Waals surface area contributed by atoms with Gasteiger partial charge in [0.25, 0.3) is 0 Å². The van der Waals surface area contributed by atoms with Gasteiger partial charge in [-0.2, -0.15) is 5.26 Å². The third-order valence-electron chi connectivity index (χ3n) is 8.06. The predicted octanol–water partition coefficient (Wildman–Crippen LogP) is 6.56. The van der Waals surface area contributed by atoms with Crippen molar-refractivity contribution in [3.8, 4) is 28.7 Å². The van der Waals surface area contributed by atoms with Crippen molar-refractivity contribution in [1.82, 2.24) is 9.97 Å². The van der Waals surface area contributed by atoms with Crippen LogP contribution in [0.1, 0.15) is 38.2 Å². The van der Waals surface area contributed by atoms with E-state index in [2.05, 4.69) is 15.3 Å². The van der Waals surface area contributed by atoms with Crippen molar-refractivity contribution in [2.24, 2.45) is 17.8 Å². The molecule has 0 radical (unpaired) electrons. The third-order valence-corrected chi connectivity index (χ3v) is 8.06. The van der Waals surface area contributed by atoms with E-state index >= 15 is 4.39 Å². The molecule has 1 aromatic carbocycles. The molecule has 3 saturated carbocycles. The van der Waals surface area contributed by atoms with E-state index in [0.29, 0.717) is 0 Å². The number of ether oxygens (including phenoxy) is 1. The first-order valence-electron chi connectivity index (χ1n) is 13.0. The molecule has 3 aromatic heterocycles. The number of furan rings is 1. The van der Waals surface area contributed by atoms with Crippen molar-refractivity contribution in [2.45, 2.75) is 38.6 Å². The normalized spacial score (nSPS) is 22.1. The lowest BCUT2D eigenvalue weighted by molar-refractivity contribution is -0.154. The molecule has 3 aliphatic rings. The Morgan fingerprint density at radius 3 is 2.69 bits per heavy atom. The van der Waals surface area contributed by atoms with E-state index in [1.807, 2.05) is 6.07 Å². The van der Waals surface area contributed by atoms with Crippen molar-refractivity contribution in [3.63, 3.8) is 0 Å². The molecule has 7 rings (SSSR count). The molecular weight excluding hydrogens is 509 g/mol. The second-order valence-corrected chi connectivity index (χ2v) is 10.1. The molecule has 39 heavy (non-hydrogen) atoms. The van der Waals surface area contributed by atoms with E-state index in [4.69, 9.17) is 9.15 Å². The lowest BCUT2D eigenvalue weighted by Gasteiger charge is -2.47. The molecule has 2 N–H and O–H groups in total. The zero-order valence-corrected chi connectivity index (χ0v) is 21.1. The van der Waals surface area contributed by atoms with Crippen molar-refractivity contribution in [2.75, 3.05) is 11.9 Å². The van der Waals surface area contributed by atoms with Crippen LogP contribution >= 0.6 is 0 Å². The Bertz CT molecular complexity index is 1600. The van der Waals surface area contributed by atoms with Crippen LogP contribution in [0.3, 0.4) is 0 Å². The average Bonchev–Trinajstić information content (AvgIpc) is 3.61. The molecule has 0 saturated heterocycles. The molecule has 0 unspecified atom stereocenters. The Morgan fingerprint density at radius 2 is 2.00 bits per heavy atom. The predicted molar refractivity (Wildman–Crippen MR) is 137 cm³/mol. The van der Waals surface area contributed by atoms with Crippen LogP contribution in [-0.2, 0) is 9.53 Å². The second-order valence-electron chi connectivity index (χ2n) is 10.1. The summed E-state index contributed by atoms with van der Waals surface area (Å²) in [6.45, 7) is 1.99. The topological polar surface area (TPSA) is 104 Å². The minimum Gasteiger partial charge on any atom is -0.466 e. The fourth-order valence-corrected chi connectivity index (χ4v) is 6.36. The quantitative estimate of drug-likeness (QED) is 0.272. The summed E-state index contributed by atoms with van der Waals surface area (Å²) in [7, 11) is 0. The first kappa shape index (κ1) is 25.0. The second kappa shape index (κ2) is 9.80. The largest absolute Gasteiger partial charge is 0.466 e. The molecule has 3 fully saturated rings. The third kappa shape index (κ3) is 4.13. The monoisotopic (exact) mass is 534 g/mol. The fourth-order valence-electron chi connectivity index (χ4n) is 6.36. The summed E-state index contributed by atoms with van der Waals surface area (Å²) in [6.07, 6.45) is 6.32. The Labute approximate surface area is 222 Å². The highest BCUT2D eigenvalue weighted by Crippen LogP contribution is 2.48. The number of aromatic nitrogens is 2. The number of carbonyl (C=O) groups excluding carboxylic acids is 1. The van der Waals surface area contributed by atoms with Crippen LogP contribution in [0.2, 0.25) is 0 Å². The SMILES string of the molecule is CCOC(=O)[C@H]1C2CCC(CC2)[C@@H]1Nc1nc(-c2c[nH]c3c(F)cc(F)cc23)c(C#N)c(-c2ccco2)c1F. The summed E-state index contributed by atoms with van der Waals surface area (Å²) in [5.74, 6) is -3.09. The van der Waals surface area contributed by atoms with Crippen LogP contribution in [0.15, 0.2) is 41.1 Å². The van der Waals surface area contributed by atoms with E-state index in [1.165, 1.54) is 18.5 Å². The van der Waals surface area contributed by atoms with Gasteiger partial charge in [0.1, 0.15) is 23.5 Å². The van der Waals surface area contributed by atoms with Crippen molar-refractivity contribution < 1.29 is 27.1 Å². The number of esters is 1. The minimum atomic E-state index is -0.813. The van der Waals surface area contributed by atoms with Gasteiger partial charge in [-0.1, -0.05) is 0 Å². The van der Waals surface area contributed by atoms with Gasteiger partial charge in [-0.05, 0) is 62.6 Å². The minimum absolute atomic E-state index is 0.0257. The maximum absolute atomic E-state index is 16.2. The van der Waals surface area contributed by atoms with Crippen LogP contribution in [0, 0.1) is 46.5 Å². The number of anilines is 1. The summed E-state index contributed by atoms with van der Waals surface area (Å²) >= 11 is 0. The lowest BCUT2D eigenvalue weighted by Crippen LogP contribution is -2.52. The van der Waals surface area contributed by atoms with E-state index < -0.39 is 29.4 Å². The number of aromatic amines is 1. The smallest absolute Gasteiger partial charge is 0.311 e. The maximum atomic E-state index is 16.2. The van der Waals surface area contributed by atoms with Gasteiger partial charge in [0.15, 0.2) is 11.6 Å². The van der Waals surface area contributed by atoms with Crippen molar-refractivity contribution in [1.29, 1.82) is 5.26 Å². The van der Waals surface area contributed by atoms with Gasteiger partial charge in [-0.15, -0.1) is 0 Å². The molecule has 0 spiro atoms. The number of carbonyl (C=O) groups is 1. The molecular formula is C29H25F3N4O3. The van der Waals surface area contributed by atoms with E-state index in [0.717, 1.165) is 37.8 Å². The van der Waals surface area contributed by atoms with Gasteiger partial charge in [0.05, 0.1) is 41.1 Å². The van der Waals surface area contributed by atoms with Gasteiger partial charge in [0.2, 0.25) is 0 Å². The van der Waals surface area contributed by atoms with Crippen LogP contribution in [-0.4, -0.2) is 28.6 Å². The molecule has 2 bridgehead atoms. The van der Waals surface area contributed by atoms with Gasteiger partial charge >= 0.3 is 5.97 Å². The number of rotatable bonds is 6. The first-order chi connectivity index (χ1) is 18.9. The number of H-pyrrole nitrogens is 1. The van der Waals surface area contributed by atoms with Crippen LogP contribution in [0.25, 0.3) is 33.5 Å². The summed E-state index contributed by atoms with van der Waals surface area (Å²) in [4.78, 5) is 20.3. The zero-order chi connectivity index (χ0) is 27.3. The Hall–Kier alpha value is -4.26. The zero-order valence-electron chi connectivity index (χ0n) is 21.1. The molecule has 7 nitrogen and oxygen atoms in total. The highest BCUT2D eigenvalue weighted by atomic mass is 19.1. The Morgan fingerprint density at radius 1 is 1.23 bits per heavy atom. The Kier molecular flexibility index (Phi) is 6.29. The fraction of sp³-hybridized carbons (Fsp3) is 0.345. The summed E-state index contributed by atoms with van der Waals surface area (Å²) < 4.78 is 55.8. The van der Waals surface area contributed by atoms with Gasteiger partial charge < -0.3 is 19.5 Å². The maximum Gasteiger partial charge on any atom is 0.311 e. The molecule has 0 aliphatic heterocycles. The number of hydrogen-bond acceptors (Lipinski definition) is 6. The average molecular weight is 535 g/mol. The standard InChI is InChI=1S/C29H25F3N4O3/c1-2-38-29(37)22-14-5-7-15(8-6-14)25(22)35-28-24(32)23(21-4-3-9-39-21)18(12-33)26(36-28)19-13-34-27-17(19)10-16(30)11-20(27)31/h3-4,9-11,13-15,22,25,34H,2,5-8H2,1H3,(H,35,36)/t14?,15?,22-,25-/m0/s1. The molecule has 4 aromatic rings. The number of nitriles is 1. The molecule has 200 valence electrons. The van der Waals surface area contributed by atoms with Crippen molar-refractivity contribution in [3.05, 3.63) is 59.7 Å². The number of nitrogens with one attached hydrogen (secondary N) is 2. The van der Waals surface area contributed by atoms with E-state index in [9.17, 15) is 18.8 Å². The van der Waals surface area contributed by atoms with Crippen LogP contribution in [0.4, 0.5) is 19.0 Å². The van der Waals surface area contributed by atoms with Gasteiger partial charge in [-0.3, -0.25) is 4.79 Å². The summed E-state index contributed by atoms with van der Waals surface area (Å²) in [5, 5.41) is 13.5. The molecule has 2 atom stereocenters. The number of halogens is 3. The molecule has 10 heteroatoms. The molecule has 3 heterocycles. The Balaban J connectivity index is 1.54. The highest BCUT2D eigenvalue weighted by molar-refractivity contribution is 5.98. The van der Waals surface area contributed by atoms with Crippen molar-refractivity contribution >= 4 is 22.7 Å². The van der Waals surface area contributed by atoms with E-state index in [1.54, 1.807) is 13.0 Å². The van der Waals surface area contributed by atoms with E-state index in [-0.39, 0.29) is 69.3 Å². The summed E-state index contributed by atoms with van der Waals surface area (Å²) in [5.41, 5.74) is 0.00334. The van der Waals surface area contributed by atoms with Crippen LogP contribution < -0.4 is 5.32 Å². The number of fused-ring (bicyclic) bond motifs is 4. The molecule has 3 aliphatic carbocycles. The number of nitrogens with zero attached hydrogens (tertiary/aromatic N) is 2. The van der Waals surface area contributed by atoms with Crippen LogP contribution in [0.5, 0.6) is 0 Å². The first-order valence-corrected chi connectivity index (χ1v) is 13.0. The molecule has 0 amide bonds. The summed E-state index contributed by atoms with van der Waals surface area (Å²) in [6, 6.07) is 6.55. The lowest BCUT2D eigenvalue weighted by atomic mass is 9.61. The number of benzene rings is 1. The highest BCUT2D eigenvalue weighted by Gasteiger charge is 2.48. The number of pyridine rings is 1. The van der Waals surface area contributed by atoms with Gasteiger partial charge in [-0.25, -0.2) is 18.2 Å². The van der Waals surface area contributed by atoms with Gasteiger partial charge in [0, 0.05) is 29.3 Å².